The topological polar surface area (TPSA) is 102 Å². The highest BCUT2D eigenvalue weighted by Crippen LogP contribution is 2.44. The van der Waals surface area contributed by atoms with E-state index in [0.717, 1.165) is 38.8 Å². The summed E-state index contributed by atoms with van der Waals surface area (Å²) >= 11 is 0. The fourth-order valence-corrected chi connectivity index (χ4v) is 6.86. The zero-order valence-corrected chi connectivity index (χ0v) is 24.0. The van der Waals surface area contributed by atoms with Gasteiger partial charge >= 0.3 is 12.1 Å². The number of alkyl halides is 2. The molecule has 5 rings (SSSR count). The molecule has 1 aromatic heterocycles. The molecule has 1 saturated heterocycles. The van der Waals surface area contributed by atoms with Crippen molar-refractivity contribution >= 4 is 34.6 Å². The van der Waals surface area contributed by atoms with Crippen LogP contribution in [0.4, 0.5) is 19.3 Å². The summed E-state index contributed by atoms with van der Waals surface area (Å²) < 4.78 is 39.8. The molecule has 2 fully saturated rings. The van der Waals surface area contributed by atoms with Crippen LogP contribution in [0, 0.1) is 17.3 Å². The fourth-order valence-electron chi connectivity index (χ4n) is 6.86. The van der Waals surface area contributed by atoms with Gasteiger partial charge in [0, 0.05) is 37.0 Å². The number of esters is 1. The third-order valence-electron chi connectivity index (χ3n) is 8.81. The van der Waals surface area contributed by atoms with E-state index >= 15 is 0 Å². The zero-order valence-electron chi connectivity index (χ0n) is 24.0. The van der Waals surface area contributed by atoms with Gasteiger partial charge in [0.2, 0.25) is 5.91 Å². The lowest BCUT2D eigenvalue weighted by Crippen LogP contribution is -2.49. The maximum atomic E-state index is 13.9. The predicted octanol–water partition coefficient (Wildman–Crippen LogP) is 5.69. The summed E-state index contributed by atoms with van der Waals surface area (Å²) in [4.78, 5) is 39.2. The van der Waals surface area contributed by atoms with Gasteiger partial charge in [0.05, 0.1) is 24.8 Å². The second-order valence-electron chi connectivity index (χ2n) is 12.5. The van der Waals surface area contributed by atoms with Gasteiger partial charge in [0.1, 0.15) is 11.8 Å². The lowest BCUT2D eigenvalue weighted by Gasteiger charge is -2.43. The van der Waals surface area contributed by atoms with E-state index in [4.69, 9.17) is 9.47 Å². The fraction of sp³-hybridized carbons (Fsp3) is 0.633. The van der Waals surface area contributed by atoms with Crippen LogP contribution in [0.25, 0.3) is 10.9 Å². The van der Waals surface area contributed by atoms with Crippen LogP contribution in [0.15, 0.2) is 24.3 Å². The number of cyclic esters (lactones) is 1. The van der Waals surface area contributed by atoms with Gasteiger partial charge in [-0.3, -0.25) is 23.6 Å². The molecule has 3 atom stereocenters. The Morgan fingerprint density at radius 3 is 2.44 bits per heavy atom. The molecule has 9 nitrogen and oxygen atoms in total. The van der Waals surface area contributed by atoms with E-state index in [0.29, 0.717) is 23.0 Å². The molecule has 1 aromatic carbocycles. The van der Waals surface area contributed by atoms with E-state index in [2.05, 4.69) is 31.5 Å². The average molecular weight is 575 g/mol. The first kappa shape index (κ1) is 29.3. The first-order chi connectivity index (χ1) is 19.6. The van der Waals surface area contributed by atoms with Crippen molar-refractivity contribution in [1.29, 1.82) is 0 Å². The SMILES string of the molecule is CC(C)(C)C1CCC[C@H](OC(=O)NN2CCCC2)[C@H]1C(=O)Nc1ccc2c(c1)cc1n2C(CCF)(CCF)OC1=O. The summed E-state index contributed by atoms with van der Waals surface area (Å²) in [6, 6.07) is 6.79. The van der Waals surface area contributed by atoms with Crippen molar-refractivity contribution in [2.24, 2.45) is 17.3 Å². The number of hydrogen-bond acceptors (Lipinski definition) is 6. The Kier molecular flexibility index (Phi) is 8.27. The van der Waals surface area contributed by atoms with Crippen LogP contribution in [0.3, 0.4) is 0 Å². The number of aromatic nitrogens is 1. The number of hydrogen-bond donors (Lipinski definition) is 2. The van der Waals surface area contributed by atoms with Gasteiger partial charge < -0.3 is 14.8 Å². The number of halogens is 2. The molecule has 2 aromatic rings. The minimum absolute atomic E-state index is 0.0142. The number of carbonyl (C=O) groups is 3. The zero-order chi connectivity index (χ0) is 29.4. The average Bonchev–Trinajstić information content (AvgIpc) is 3.61. The molecule has 41 heavy (non-hydrogen) atoms. The van der Waals surface area contributed by atoms with Crippen LogP contribution in [-0.4, -0.2) is 60.1 Å². The Morgan fingerprint density at radius 2 is 1.78 bits per heavy atom. The first-order valence-electron chi connectivity index (χ1n) is 14.6. The van der Waals surface area contributed by atoms with Crippen LogP contribution in [0.1, 0.15) is 76.2 Å². The van der Waals surface area contributed by atoms with E-state index in [-0.39, 0.29) is 35.8 Å². The van der Waals surface area contributed by atoms with Gasteiger partial charge in [-0.25, -0.2) is 14.6 Å². The van der Waals surface area contributed by atoms with E-state index in [1.165, 1.54) is 0 Å². The monoisotopic (exact) mass is 574 g/mol. The Bertz CT molecular complexity index is 1290. The summed E-state index contributed by atoms with van der Waals surface area (Å²) in [7, 11) is 0. The van der Waals surface area contributed by atoms with Crippen LogP contribution in [-0.2, 0) is 20.0 Å². The molecular weight excluding hydrogens is 534 g/mol. The standard InChI is InChI=1S/C30H40F2N4O5/c1-29(2,3)21-7-6-8-24(40-28(39)34-35-15-4-5-16-35)25(21)26(37)33-20-9-10-22-19(17-20)18-23-27(38)41-30(11-13-31,12-14-32)36(22)23/h9-10,17-18,21,24-25H,4-8,11-16H2,1-3H3,(H,33,37)(H,34,39)/t21?,24-,25-/m0/s1. The Morgan fingerprint density at radius 1 is 1.07 bits per heavy atom. The van der Waals surface area contributed by atoms with Gasteiger partial charge in [-0.05, 0) is 67.7 Å². The Labute approximate surface area is 238 Å². The van der Waals surface area contributed by atoms with Crippen molar-refractivity contribution in [2.75, 3.05) is 31.8 Å². The van der Waals surface area contributed by atoms with Crippen LogP contribution in [0.5, 0.6) is 0 Å². The van der Waals surface area contributed by atoms with E-state index in [1.54, 1.807) is 28.8 Å². The molecular formula is C30H40F2N4O5. The van der Waals surface area contributed by atoms with Gasteiger partial charge in [0.15, 0.2) is 5.72 Å². The normalized spacial score (nSPS) is 24.2. The minimum atomic E-state index is -1.41. The van der Waals surface area contributed by atoms with Gasteiger partial charge in [-0.1, -0.05) is 20.8 Å². The number of nitrogens with zero attached hydrogens (tertiary/aromatic N) is 2. The van der Waals surface area contributed by atoms with E-state index in [9.17, 15) is 23.2 Å². The molecule has 3 aliphatic rings. The number of amides is 2. The summed E-state index contributed by atoms with van der Waals surface area (Å²) in [5.74, 6) is -1.44. The van der Waals surface area contributed by atoms with Crippen molar-refractivity contribution in [3.05, 3.63) is 30.0 Å². The summed E-state index contributed by atoms with van der Waals surface area (Å²) in [6.45, 7) is 6.31. The molecule has 0 radical (unpaired) electrons. The Hall–Kier alpha value is -3.21. The van der Waals surface area contributed by atoms with E-state index in [1.807, 2.05) is 5.01 Å². The van der Waals surface area contributed by atoms with Crippen LogP contribution >= 0.6 is 0 Å². The molecule has 1 saturated carbocycles. The number of carbonyl (C=O) groups excluding carboxylic acids is 3. The second kappa shape index (κ2) is 11.6. The van der Waals surface area contributed by atoms with Crippen molar-refractivity contribution < 1.29 is 32.6 Å². The van der Waals surface area contributed by atoms with Gasteiger partial charge in [-0.2, -0.15) is 0 Å². The third kappa shape index (κ3) is 5.78. The van der Waals surface area contributed by atoms with E-state index < -0.39 is 43.2 Å². The predicted molar refractivity (Wildman–Crippen MR) is 150 cm³/mol. The molecule has 0 spiro atoms. The Balaban J connectivity index is 1.39. The highest BCUT2D eigenvalue weighted by Gasteiger charge is 2.47. The highest BCUT2D eigenvalue weighted by atomic mass is 19.1. The summed E-state index contributed by atoms with van der Waals surface area (Å²) in [6.07, 6.45) is 2.91. The highest BCUT2D eigenvalue weighted by molar-refractivity contribution is 6.00. The van der Waals surface area contributed by atoms with Crippen molar-refractivity contribution in [1.82, 2.24) is 15.0 Å². The number of anilines is 1. The number of benzene rings is 1. The number of rotatable bonds is 8. The van der Waals surface area contributed by atoms with Crippen molar-refractivity contribution in [3.63, 3.8) is 0 Å². The molecule has 1 aliphatic carbocycles. The molecule has 1 unspecified atom stereocenters. The maximum absolute atomic E-state index is 13.9. The largest absolute Gasteiger partial charge is 0.444 e. The van der Waals surface area contributed by atoms with Gasteiger partial charge in [-0.15, -0.1) is 0 Å². The van der Waals surface area contributed by atoms with Crippen molar-refractivity contribution in [3.8, 4) is 0 Å². The molecule has 2 amide bonds. The molecule has 2 aliphatic heterocycles. The summed E-state index contributed by atoms with van der Waals surface area (Å²) in [5.41, 5.74) is 2.53. The molecule has 224 valence electrons. The second-order valence-corrected chi connectivity index (χ2v) is 12.5. The number of hydrazine groups is 1. The number of nitrogens with one attached hydrogen (secondary N) is 2. The summed E-state index contributed by atoms with van der Waals surface area (Å²) in [5, 5.41) is 5.51. The smallest absolute Gasteiger partial charge is 0.422 e. The molecule has 2 N–H and O–H groups in total. The number of fused-ring (bicyclic) bond motifs is 3. The van der Waals surface area contributed by atoms with Gasteiger partial charge in [0.25, 0.3) is 0 Å². The lowest BCUT2D eigenvalue weighted by molar-refractivity contribution is -0.131. The third-order valence-corrected chi connectivity index (χ3v) is 8.81. The lowest BCUT2D eigenvalue weighted by atomic mass is 9.65. The molecule has 3 heterocycles. The minimum Gasteiger partial charge on any atom is -0.444 e. The first-order valence-corrected chi connectivity index (χ1v) is 14.6. The van der Waals surface area contributed by atoms with Crippen molar-refractivity contribution in [2.45, 2.75) is 77.5 Å². The maximum Gasteiger partial charge on any atom is 0.422 e. The van der Waals surface area contributed by atoms with Crippen LogP contribution < -0.4 is 10.7 Å². The van der Waals surface area contributed by atoms with Crippen LogP contribution in [0.2, 0.25) is 0 Å². The molecule has 0 bridgehead atoms. The molecule has 11 heteroatoms. The quantitative estimate of drug-likeness (QED) is 0.393. The number of ether oxygens (including phenoxy) is 2.